The zero-order chi connectivity index (χ0) is 20.5. The number of para-hydroxylation sites is 2. The summed E-state index contributed by atoms with van der Waals surface area (Å²) in [5.74, 6) is 0.0861. The van der Waals surface area contributed by atoms with Crippen molar-refractivity contribution in [2.24, 2.45) is 11.8 Å². The molecule has 156 valence electrons. The number of hydrogen-bond acceptors (Lipinski definition) is 6. The third-order valence-corrected chi connectivity index (χ3v) is 4.68. The van der Waals surface area contributed by atoms with Gasteiger partial charge < -0.3 is 18.9 Å². The minimum Gasteiger partial charge on any atom is -0.470 e. The molecule has 28 heavy (non-hydrogen) atoms. The van der Waals surface area contributed by atoms with Gasteiger partial charge in [-0.15, -0.1) is 0 Å². The molecule has 0 amide bonds. The van der Waals surface area contributed by atoms with Gasteiger partial charge in [0, 0.05) is 0 Å². The average Bonchev–Trinajstić information content (AvgIpc) is 2.69. The molecule has 2 rings (SSSR count). The molecule has 1 heterocycles. The second-order valence-electron chi connectivity index (χ2n) is 7.57. The Kier molecular flexibility index (Phi) is 8.61. The first kappa shape index (κ1) is 22.1. The number of fused-ring (bicyclic) bond motifs is 1. The topological polar surface area (TPSA) is 71.1 Å². The maximum absolute atomic E-state index is 12.6. The normalized spacial score (nSPS) is 20.1. The lowest BCUT2D eigenvalue weighted by Crippen LogP contribution is -2.51. The first-order valence-corrected chi connectivity index (χ1v) is 10.2. The summed E-state index contributed by atoms with van der Waals surface area (Å²) in [6.45, 7) is 8.77. The van der Waals surface area contributed by atoms with Gasteiger partial charge in [0.25, 0.3) is 0 Å². The lowest BCUT2D eigenvalue weighted by molar-refractivity contribution is -0.173. The van der Waals surface area contributed by atoms with Crippen LogP contribution < -0.4 is 9.47 Å². The van der Waals surface area contributed by atoms with Crippen LogP contribution in [-0.4, -0.2) is 37.4 Å². The second-order valence-corrected chi connectivity index (χ2v) is 7.57. The van der Waals surface area contributed by atoms with E-state index in [-0.39, 0.29) is 25.0 Å². The number of carbonyl (C=O) groups is 2. The first-order chi connectivity index (χ1) is 13.5. The van der Waals surface area contributed by atoms with E-state index in [1.807, 2.05) is 13.8 Å². The van der Waals surface area contributed by atoms with Gasteiger partial charge in [0.05, 0.1) is 13.2 Å². The summed E-state index contributed by atoms with van der Waals surface area (Å²) in [5, 5.41) is 0. The van der Waals surface area contributed by atoms with E-state index in [2.05, 4.69) is 13.8 Å². The molecule has 0 bridgehead atoms. The predicted molar refractivity (Wildman–Crippen MR) is 105 cm³/mol. The Morgan fingerprint density at radius 1 is 0.857 bits per heavy atom. The van der Waals surface area contributed by atoms with Gasteiger partial charge in [-0.25, -0.2) is 9.59 Å². The molecule has 6 nitrogen and oxygen atoms in total. The van der Waals surface area contributed by atoms with E-state index in [0.717, 1.165) is 25.7 Å². The number of hydrogen-bond donors (Lipinski definition) is 0. The summed E-state index contributed by atoms with van der Waals surface area (Å²) in [6.07, 6.45) is 1.58. The van der Waals surface area contributed by atoms with Crippen molar-refractivity contribution < 1.29 is 28.5 Å². The standard InChI is InChI=1S/C22H32O6/c1-5-9-15(3)13-25-21(23)19-20(22(24)26-14-16(4)10-6-2)28-18-12-8-7-11-17(18)27-19/h7-8,11-12,15-16,19-20H,5-6,9-10,13-14H2,1-4H3. The van der Waals surface area contributed by atoms with Crippen LogP contribution in [0.4, 0.5) is 0 Å². The van der Waals surface area contributed by atoms with Gasteiger partial charge in [-0.05, 0) is 36.8 Å². The zero-order valence-corrected chi connectivity index (χ0v) is 17.3. The highest BCUT2D eigenvalue weighted by molar-refractivity contribution is 5.87. The van der Waals surface area contributed by atoms with E-state index >= 15 is 0 Å². The number of carbonyl (C=O) groups excluding carboxylic acids is 2. The molecule has 1 aliphatic rings. The van der Waals surface area contributed by atoms with Crippen LogP contribution in [0.15, 0.2) is 24.3 Å². The highest BCUT2D eigenvalue weighted by Crippen LogP contribution is 2.34. The number of rotatable bonds is 10. The minimum absolute atomic E-state index is 0.242. The minimum atomic E-state index is -1.18. The van der Waals surface area contributed by atoms with Gasteiger partial charge in [-0.3, -0.25) is 0 Å². The van der Waals surface area contributed by atoms with Gasteiger partial charge in [-0.1, -0.05) is 52.7 Å². The Hall–Kier alpha value is -2.24. The van der Waals surface area contributed by atoms with Crippen LogP contribution in [0.1, 0.15) is 53.4 Å². The fourth-order valence-corrected chi connectivity index (χ4v) is 3.15. The number of ether oxygens (including phenoxy) is 4. The largest absolute Gasteiger partial charge is 0.470 e. The van der Waals surface area contributed by atoms with Gasteiger partial charge in [0.15, 0.2) is 11.5 Å². The Bertz CT molecular complexity index is 589. The van der Waals surface area contributed by atoms with Crippen molar-refractivity contribution in [2.45, 2.75) is 65.6 Å². The monoisotopic (exact) mass is 392 g/mol. The maximum Gasteiger partial charge on any atom is 0.351 e. The van der Waals surface area contributed by atoms with E-state index < -0.39 is 24.1 Å². The molecule has 0 radical (unpaired) electrons. The lowest BCUT2D eigenvalue weighted by Gasteiger charge is -2.31. The Morgan fingerprint density at radius 3 is 1.61 bits per heavy atom. The summed E-state index contributed by atoms with van der Waals surface area (Å²) in [7, 11) is 0. The van der Waals surface area contributed by atoms with E-state index in [9.17, 15) is 9.59 Å². The highest BCUT2D eigenvalue weighted by atomic mass is 16.6. The molecule has 1 aromatic rings. The molecule has 6 heteroatoms. The third kappa shape index (κ3) is 6.14. The summed E-state index contributed by atoms with van der Waals surface area (Å²) in [6, 6.07) is 6.94. The lowest BCUT2D eigenvalue weighted by atomic mass is 10.1. The summed E-state index contributed by atoms with van der Waals surface area (Å²) in [4.78, 5) is 25.3. The van der Waals surface area contributed by atoms with Crippen molar-refractivity contribution in [3.63, 3.8) is 0 Å². The molecule has 1 aliphatic heterocycles. The van der Waals surface area contributed by atoms with Gasteiger partial charge >= 0.3 is 11.9 Å². The quantitative estimate of drug-likeness (QED) is 0.557. The van der Waals surface area contributed by atoms with Crippen molar-refractivity contribution in [2.75, 3.05) is 13.2 Å². The van der Waals surface area contributed by atoms with Gasteiger partial charge in [-0.2, -0.15) is 0 Å². The van der Waals surface area contributed by atoms with Gasteiger partial charge in [0.2, 0.25) is 12.2 Å². The third-order valence-electron chi connectivity index (χ3n) is 4.68. The van der Waals surface area contributed by atoms with E-state index in [0.29, 0.717) is 11.5 Å². The predicted octanol–water partition coefficient (Wildman–Crippen LogP) is 4.15. The molecule has 0 saturated carbocycles. The van der Waals surface area contributed by atoms with Crippen molar-refractivity contribution in [1.29, 1.82) is 0 Å². The molecule has 0 aliphatic carbocycles. The van der Waals surface area contributed by atoms with Crippen LogP contribution in [0.25, 0.3) is 0 Å². The van der Waals surface area contributed by atoms with E-state index in [4.69, 9.17) is 18.9 Å². The molecule has 0 aromatic heterocycles. The number of esters is 2. The Morgan fingerprint density at radius 2 is 1.25 bits per heavy atom. The van der Waals surface area contributed by atoms with E-state index in [1.165, 1.54) is 0 Å². The number of benzene rings is 1. The molecule has 4 atom stereocenters. The molecule has 0 saturated heterocycles. The van der Waals surface area contributed by atoms with Crippen molar-refractivity contribution in [3.05, 3.63) is 24.3 Å². The molecule has 1 aromatic carbocycles. The zero-order valence-electron chi connectivity index (χ0n) is 17.3. The van der Waals surface area contributed by atoms with Crippen LogP contribution in [0.3, 0.4) is 0 Å². The summed E-state index contributed by atoms with van der Waals surface area (Å²) < 4.78 is 22.4. The molecule has 0 N–H and O–H groups in total. The van der Waals surface area contributed by atoms with Gasteiger partial charge in [0.1, 0.15) is 0 Å². The summed E-state index contributed by atoms with van der Waals surface area (Å²) in [5.41, 5.74) is 0. The molecular formula is C22H32O6. The first-order valence-electron chi connectivity index (χ1n) is 10.2. The van der Waals surface area contributed by atoms with Crippen LogP contribution >= 0.6 is 0 Å². The molecular weight excluding hydrogens is 360 g/mol. The van der Waals surface area contributed by atoms with Crippen LogP contribution in [0.5, 0.6) is 11.5 Å². The fraction of sp³-hybridized carbons (Fsp3) is 0.636. The smallest absolute Gasteiger partial charge is 0.351 e. The second kappa shape index (κ2) is 10.9. The van der Waals surface area contributed by atoms with E-state index in [1.54, 1.807) is 24.3 Å². The highest BCUT2D eigenvalue weighted by Gasteiger charge is 2.44. The van der Waals surface area contributed by atoms with Crippen LogP contribution in [0, 0.1) is 11.8 Å². The fourth-order valence-electron chi connectivity index (χ4n) is 3.15. The maximum atomic E-state index is 12.6. The van der Waals surface area contributed by atoms with Crippen molar-refractivity contribution >= 4 is 11.9 Å². The van der Waals surface area contributed by atoms with Crippen LogP contribution in [-0.2, 0) is 19.1 Å². The summed E-state index contributed by atoms with van der Waals surface area (Å²) >= 11 is 0. The Balaban J connectivity index is 2.07. The Labute approximate surface area is 167 Å². The SMILES string of the molecule is CCCC(C)COC(=O)C1Oc2ccccc2OC1C(=O)OCC(C)CCC. The van der Waals surface area contributed by atoms with Crippen molar-refractivity contribution in [3.8, 4) is 11.5 Å². The molecule has 4 unspecified atom stereocenters. The average molecular weight is 392 g/mol. The van der Waals surface area contributed by atoms with Crippen LogP contribution in [0.2, 0.25) is 0 Å². The molecule has 0 spiro atoms. The van der Waals surface area contributed by atoms with Crippen molar-refractivity contribution in [1.82, 2.24) is 0 Å². The molecule has 0 fully saturated rings.